The van der Waals surface area contributed by atoms with Crippen LogP contribution in [0.25, 0.3) is 0 Å². The number of likely N-dealkylation sites (N-methyl/N-ethyl adjacent to an activating group) is 2. The molecule has 0 saturated heterocycles. The lowest BCUT2D eigenvalue weighted by atomic mass is 10.1. The van der Waals surface area contributed by atoms with E-state index in [9.17, 15) is 4.79 Å². The minimum absolute atomic E-state index is 0.0509. The zero-order valence-corrected chi connectivity index (χ0v) is 9.26. The molecule has 0 bridgehead atoms. The van der Waals surface area contributed by atoms with E-state index < -0.39 is 0 Å². The van der Waals surface area contributed by atoms with E-state index in [0.717, 1.165) is 26.2 Å². The predicted molar refractivity (Wildman–Crippen MR) is 55.9 cm³/mol. The third-order valence-corrected chi connectivity index (χ3v) is 2.31. The van der Waals surface area contributed by atoms with Crippen molar-refractivity contribution in [3.63, 3.8) is 0 Å². The van der Waals surface area contributed by atoms with Gasteiger partial charge in [-0.1, -0.05) is 20.8 Å². The lowest BCUT2D eigenvalue weighted by Crippen LogP contribution is -2.46. The molecule has 3 heteroatoms. The summed E-state index contributed by atoms with van der Waals surface area (Å²) in [6.07, 6.45) is 0. The zero-order valence-electron chi connectivity index (χ0n) is 9.26. The molecule has 1 atom stereocenters. The molecule has 0 fully saturated rings. The standard InChI is InChI=1S/C10H22N2O/c1-5-11-8-10(9(4)13)12(6-2)7-3/h10-11H,5-8H2,1-4H3. The van der Waals surface area contributed by atoms with Crippen LogP contribution in [0.4, 0.5) is 0 Å². The fourth-order valence-electron chi connectivity index (χ4n) is 1.48. The number of ketones is 1. The molecular formula is C10H22N2O. The van der Waals surface area contributed by atoms with Crippen LogP contribution in [0.5, 0.6) is 0 Å². The summed E-state index contributed by atoms with van der Waals surface area (Å²) in [6.45, 7) is 11.5. The van der Waals surface area contributed by atoms with Crippen LogP contribution < -0.4 is 5.32 Å². The van der Waals surface area contributed by atoms with E-state index in [-0.39, 0.29) is 11.8 Å². The Bertz CT molecular complexity index is 144. The maximum Gasteiger partial charge on any atom is 0.148 e. The van der Waals surface area contributed by atoms with E-state index in [0.29, 0.717) is 0 Å². The minimum Gasteiger partial charge on any atom is -0.315 e. The van der Waals surface area contributed by atoms with Gasteiger partial charge in [-0.2, -0.15) is 0 Å². The minimum atomic E-state index is 0.0509. The van der Waals surface area contributed by atoms with Crippen molar-refractivity contribution in [2.75, 3.05) is 26.2 Å². The van der Waals surface area contributed by atoms with Gasteiger partial charge in [0.2, 0.25) is 0 Å². The summed E-state index contributed by atoms with van der Waals surface area (Å²) in [7, 11) is 0. The van der Waals surface area contributed by atoms with Gasteiger partial charge in [-0.25, -0.2) is 0 Å². The van der Waals surface area contributed by atoms with E-state index in [4.69, 9.17) is 0 Å². The molecule has 0 rings (SSSR count). The van der Waals surface area contributed by atoms with Gasteiger partial charge in [-0.15, -0.1) is 0 Å². The number of carbonyl (C=O) groups excluding carboxylic acids is 1. The summed E-state index contributed by atoms with van der Waals surface area (Å²) in [5.41, 5.74) is 0. The van der Waals surface area contributed by atoms with E-state index in [1.54, 1.807) is 6.92 Å². The molecule has 0 heterocycles. The molecule has 0 aromatic carbocycles. The molecule has 13 heavy (non-hydrogen) atoms. The summed E-state index contributed by atoms with van der Waals surface area (Å²) in [4.78, 5) is 13.5. The van der Waals surface area contributed by atoms with Crippen LogP contribution in [0, 0.1) is 0 Å². The second kappa shape index (κ2) is 7.04. The molecule has 0 aromatic heterocycles. The molecule has 0 spiro atoms. The molecule has 0 saturated carbocycles. The Labute approximate surface area is 81.5 Å². The smallest absolute Gasteiger partial charge is 0.148 e. The fraction of sp³-hybridized carbons (Fsp3) is 0.900. The average molecular weight is 186 g/mol. The Morgan fingerprint density at radius 1 is 1.31 bits per heavy atom. The SMILES string of the molecule is CCNCC(C(C)=O)N(CC)CC. The summed E-state index contributed by atoms with van der Waals surface area (Å²) in [6, 6.07) is 0.0509. The highest BCUT2D eigenvalue weighted by molar-refractivity contribution is 5.81. The Balaban J connectivity index is 4.12. The van der Waals surface area contributed by atoms with Gasteiger partial charge in [0.15, 0.2) is 0 Å². The van der Waals surface area contributed by atoms with E-state index in [1.165, 1.54) is 0 Å². The van der Waals surface area contributed by atoms with Crippen molar-refractivity contribution in [1.29, 1.82) is 0 Å². The lowest BCUT2D eigenvalue weighted by molar-refractivity contribution is -0.121. The molecule has 1 unspecified atom stereocenters. The molecular weight excluding hydrogens is 164 g/mol. The summed E-state index contributed by atoms with van der Waals surface area (Å²) in [5, 5.41) is 3.22. The van der Waals surface area contributed by atoms with Crippen LogP contribution in [0.15, 0.2) is 0 Å². The average Bonchev–Trinajstić information content (AvgIpc) is 2.11. The maximum absolute atomic E-state index is 11.3. The Kier molecular flexibility index (Phi) is 6.82. The highest BCUT2D eigenvalue weighted by Gasteiger charge is 2.18. The van der Waals surface area contributed by atoms with Crippen molar-refractivity contribution in [2.24, 2.45) is 0 Å². The number of nitrogens with one attached hydrogen (secondary N) is 1. The Morgan fingerprint density at radius 2 is 1.85 bits per heavy atom. The number of hydrogen-bond donors (Lipinski definition) is 1. The Hall–Kier alpha value is -0.410. The monoisotopic (exact) mass is 186 g/mol. The van der Waals surface area contributed by atoms with Crippen LogP contribution in [-0.4, -0.2) is 42.9 Å². The van der Waals surface area contributed by atoms with Crippen LogP contribution >= 0.6 is 0 Å². The van der Waals surface area contributed by atoms with Crippen molar-refractivity contribution in [3.8, 4) is 0 Å². The van der Waals surface area contributed by atoms with Crippen LogP contribution in [0.2, 0.25) is 0 Å². The summed E-state index contributed by atoms with van der Waals surface area (Å²) < 4.78 is 0. The highest BCUT2D eigenvalue weighted by atomic mass is 16.1. The van der Waals surface area contributed by atoms with Crippen molar-refractivity contribution >= 4 is 5.78 Å². The molecule has 0 aromatic rings. The molecule has 3 nitrogen and oxygen atoms in total. The van der Waals surface area contributed by atoms with Crippen LogP contribution in [-0.2, 0) is 4.79 Å². The lowest BCUT2D eigenvalue weighted by Gasteiger charge is -2.27. The predicted octanol–water partition coefficient (Wildman–Crippen LogP) is 0.895. The van der Waals surface area contributed by atoms with Gasteiger partial charge in [-0.05, 0) is 26.6 Å². The first-order valence-corrected chi connectivity index (χ1v) is 5.12. The van der Waals surface area contributed by atoms with E-state index in [2.05, 4.69) is 31.0 Å². The fourth-order valence-corrected chi connectivity index (χ4v) is 1.48. The second-order valence-corrected chi connectivity index (χ2v) is 3.16. The van der Waals surface area contributed by atoms with Crippen molar-refractivity contribution < 1.29 is 4.79 Å². The highest BCUT2D eigenvalue weighted by Crippen LogP contribution is 1.99. The van der Waals surface area contributed by atoms with Gasteiger partial charge in [0.1, 0.15) is 5.78 Å². The molecule has 0 aliphatic carbocycles. The molecule has 78 valence electrons. The number of rotatable bonds is 7. The van der Waals surface area contributed by atoms with E-state index in [1.807, 2.05) is 0 Å². The molecule has 0 aliphatic heterocycles. The third kappa shape index (κ3) is 4.39. The topological polar surface area (TPSA) is 32.3 Å². The molecule has 0 aliphatic rings. The quantitative estimate of drug-likeness (QED) is 0.641. The number of nitrogens with zero attached hydrogens (tertiary/aromatic N) is 1. The molecule has 0 amide bonds. The van der Waals surface area contributed by atoms with Gasteiger partial charge in [0.05, 0.1) is 6.04 Å². The first-order valence-electron chi connectivity index (χ1n) is 5.12. The zero-order chi connectivity index (χ0) is 10.3. The van der Waals surface area contributed by atoms with Gasteiger partial charge >= 0.3 is 0 Å². The number of hydrogen-bond acceptors (Lipinski definition) is 3. The third-order valence-electron chi connectivity index (χ3n) is 2.31. The summed E-state index contributed by atoms with van der Waals surface area (Å²) in [5.74, 6) is 0.254. The van der Waals surface area contributed by atoms with Crippen LogP contribution in [0.3, 0.4) is 0 Å². The first kappa shape index (κ1) is 12.6. The molecule has 1 N–H and O–H groups in total. The second-order valence-electron chi connectivity index (χ2n) is 3.16. The number of carbonyl (C=O) groups is 1. The van der Waals surface area contributed by atoms with Gasteiger partial charge < -0.3 is 5.32 Å². The molecule has 0 radical (unpaired) electrons. The maximum atomic E-state index is 11.3. The van der Waals surface area contributed by atoms with Crippen molar-refractivity contribution in [3.05, 3.63) is 0 Å². The first-order chi connectivity index (χ1) is 6.17. The normalized spacial score (nSPS) is 13.3. The largest absolute Gasteiger partial charge is 0.315 e. The van der Waals surface area contributed by atoms with Gasteiger partial charge in [-0.3, -0.25) is 9.69 Å². The van der Waals surface area contributed by atoms with Gasteiger partial charge in [0.25, 0.3) is 0 Å². The van der Waals surface area contributed by atoms with Gasteiger partial charge in [0, 0.05) is 6.54 Å². The van der Waals surface area contributed by atoms with Crippen molar-refractivity contribution in [2.45, 2.75) is 33.7 Å². The van der Waals surface area contributed by atoms with E-state index >= 15 is 0 Å². The number of Topliss-reactive ketones (excluding diaryl/α,β-unsaturated/α-hetero) is 1. The van der Waals surface area contributed by atoms with Crippen molar-refractivity contribution in [1.82, 2.24) is 10.2 Å². The Morgan fingerprint density at radius 3 is 2.15 bits per heavy atom. The summed E-state index contributed by atoms with van der Waals surface area (Å²) >= 11 is 0. The van der Waals surface area contributed by atoms with Crippen LogP contribution in [0.1, 0.15) is 27.7 Å².